The first kappa shape index (κ1) is 13.1. The molecule has 2 N–H and O–H groups in total. The van der Waals surface area contributed by atoms with Crippen LogP contribution in [0.4, 0.5) is 0 Å². The molecule has 2 aromatic rings. The molecule has 4 nitrogen and oxygen atoms in total. The molecule has 1 unspecified atom stereocenters. The van der Waals surface area contributed by atoms with Crippen LogP contribution in [0.15, 0.2) is 48.5 Å². The minimum atomic E-state index is -1.49. The predicted octanol–water partition coefficient (Wildman–Crippen LogP) is 2.48. The van der Waals surface area contributed by atoms with Gasteiger partial charge in [-0.2, -0.15) is 0 Å². The number of ether oxygens (including phenoxy) is 1. The van der Waals surface area contributed by atoms with E-state index in [2.05, 4.69) is 0 Å². The van der Waals surface area contributed by atoms with Gasteiger partial charge in [0.25, 0.3) is 0 Å². The topological polar surface area (TPSA) is 66.8 Å². The van der Waals surface area contributed by atoms with E-state index in [4.69, 9.17) is 9.84 Å². The van der Waals surface area contributed by atoms with Crippen LogP contribution in [-0.4, -0.2) is 23.3 Å². The van der Waals surface area contributed by atoms with Crippen molar-refractivity contribution in [3.05, 3.63) is 54.1 Å². The van der Waals surface area contributed by atoms with Gasteiger partial charge in [0.05, 0.1) is 7.11 Å². The number of hydrogen-bond donors (Lipinski definition) is 2. The number of aliphatic hydroxyl groups excluding tert-OH is 1. The molecule has 0 aliphatic heterocycles. The lowest BCUT2D eigenvalue weighted by Crippen LogP contribution is -2.10. The van der Waals surface area contributed by atoms with E-state index in [1.165, 1.54) is 0 Å². The molecule has 1 atom stereocenters. The predicted molar refractivity (Wildman–Crippen MR) is 71.0 cm³/mol. The second-order valence-electron chi connectivity index (χ2n) is 4.06. The Morgan fingerprint density at radius 2 is 1.74 bits per heavy atom. The van der Waals surface area contributed by atoms with Crippen molar-refractivity contribution in [1.29, 1.82) is 0 Å². The second kappa shape index (κ2) is 5.54. The summed E-state index contributed by atoms with van der Waals surface area (Å²) in [5, 5.41) is 18.2. The van der Waals surface area contributed by atoms with Crippen LogP contribution in [-0.2, 0) is 4.79 Å². The average molecular weight is 258 g/mol. The Morgan fingerprint density at radius 3 is 2.32 bits per heavy atom. The molecule has 0 saturated carbocycles. The Labute approximate surface area is 110 Å². The highest BCUT2D eigenvalue weighted by molar-refractivity contribution is 5.75. The number of methoxy groups -OCH3 is 1. The van der Waals surface area contributed by atoms with Crippen molar-refractivity contribution in [2.24, 2.45) is 0 Å². The third kappa shape index (κ3) is 2.74. The van der Waals surface area contributed by atoms with Gasteiger partial charge in [-0.25, -0.2) is 4.79 Å². The van der Waals surface area contributed by atoms with Gasteiger partial charge < -0.3 is 14.9 Å². The fourth-order valence-corrected chi connectivity index (χ4v) is 1.87. The van der Waals surface area contributed by atoms with Gasteiger partial charge in [0.15, 0.2) is 6.10 Å². The first-order valence-corrected chi connectivity index (χ1v) is 5.77. The molecule has 0 radical (unpaired) electrons. The fourth-order valence-electron chi connectivity index (χ4n) is 1.87. The van der Waals surface area contributed by atoms with E-state index in [0.29, 0.717) is 5.56 Å². The summed E-state index contributed by atoms with van der Waals surface area (Å²) in [6.07, 6.45) is -1.49. The minimum absolute atomic E-state index is 0.353. The average Bonchev–Trinajstić information content (AvgIpc) is 2.46. The summed E-state index contributed by atoms with van der Waals surface area (Å²) < 4.78 is 5.27. The number of rotatable bonds is 4. The van der Waals surface area contributed by atoms with E-state index in [0.717, 1.165) is 16.9 Å². The molecule has 0 spiro atoms. The Balaban J connectivity index is 2.35. The zero-order chi connectivity index (χ0) is 13.8. The molecule has 0 bridgehead atoms. The van der Waals surface area contributed by atoms with E-state index in [9.17, 15) is 9.90 Å². The number of hydrogen-bond acceptors (Lipinski definition) is 3. The molecule has 0 heterocycles. The van der Waals surface area contributed by atoms with Crippen molar-refractivity contribution < 1.29 is 19.7 Å². The molecule has 98 valence electrons. The molecule has 0 amide bonds. The number of para-hydroxylation sites is 1. The van der Waals surface area contributed by atoms with Gasteiger partial charge in [0.2, 0.25) is 0 Å². The van der Waals surface area contributed by atoms with Crippen LogP contribution < -0.4 is 4.74 Å². The number of aliphatic hydroxyl groups is 1. The van der Waals surface area contributed by atoms with Gasteiger partial charge in [-0.05, 0) is 17.2 Å². The minimum Gasteiger partial charge on any atom is -0.496 e. The van der Waals surface area contributed by atoms with Gasteiger partial charge in [0, 0.05) is 5.56 Å². The highest BCUT2D eigenvalue weighted by atomic mass is 16.5. The number of aliphatic carboxylic acids is 1. The first-order chi connectivity index (χ1) is 9.13. The number of carbonyl (C=O) groups is 1. The molecule has 0 aliphatic rings. The standard InChI is InChI=1S/C15H14O4/c1-19-13-5-3-2-4-12(13)10-6-8-11(9-7-10)14(16)15(17)18/h2-9,14,16H,1H3,(H,17,18). The molecule has 0 fully saturated rings. The van der Waals surface area contributed by atoms with Gasteiger partial charge in [-0.3, -0.25) is 0 Å². The zero-order valence-corrected chi connectivity index (χ0v) is 10.4. The van der Waals surface area contributed by atoms with Gasteiger partial charge in [-0.15, -0.1) is 0 Å². The Kier molecular flexibility index (Phi) is 3.82. The lowest BCUT2D eigenvalue weighted by molar-refractivity contribution is -0.146. The van der Waals surface area contributed by atoms with E-state index < -0.39 is 12.1 Å². The highest BCUT2D eigenvalue weighted by Crippen LogP contribution is 2.30. The summed E-state index contributed by atoms with van der Waals surface area (Å²) in [4.78, 5) is 10.7. The molecule has 19 heavy (non-hydrogen) atoms. The Morgan fingerprint density at radius 1 is 1.11 bits per heavy atom. The van der Waals surface area contributed by atoms with Crippen LogP contribution in [0.5, 0.6) is 5.75 Å². The van der Waals surface area contributed by atoms with Crippen molar-refractivity contribution in [1.82, 2.24) is 0 Å². The molecule has 4 heteroatoms. The maximum Gasteiger partial charge on any atom is 0.337 e. The van der Waals surface area contributed by atoms with Crippen molar-refractivity contribution >= 4 is 5.97 Å². The smallest absolute Gasteiger partial charge is 0.337 e. The SMILES string of the molecule is COc1ccccc1-c1ccc(C(O)C(=O)O)cc1. The van der Waals surface area contributed by atoms with Gasteiger partial charge in [-0.1, -0.05) is 42.5 Å². The monoisotopic (exact) mass is 258 g/mol. The number of benzene rings is 2. The maximum absolute atomic E-state index is 10.7. The highest BCUT2D eigenvalue weighted by Gasteiger charge is 2.15. The van der Waals surface area contributed by atoms with E-state index >= 15 is 0 Å². The zero-order valence-electron chi connectivity index (χ0n) is 10.4. The van der Waals surface area contributed by atoms with Gasteiger partial charge in [0.1, 0.15) is 5.75 Å². The van der Waals surface area contributed by atoms with Crippen LogP contribution in [0.3, 0.4) is 0 Å². The first-order valence-electron chi connectivity index (χ1n) is 5.77. The van der Waals surface area contributed by atoms with Crippen LogP contribution >= 0.6 is 0 Å². The van der Waals surface area contributed by atoms with Crippen molar-refractivity contribution in [3.63, 3.8) is 0 Å². The molecule has 0 aromatic heterocycles. The van der Waals surface area contributed by atoms with Crippen LogP contribution in [0.25, 0.3) is 11.1 Å². The molecule has 2 rings (SSSR count). The molecule has 0 saturated heterocycles. The molecular weight excluding hydrogens is 244 g/mol. The molecule has 0 aliphatic carbocycles. The van der Waals surface area contributed by atoms with Gasteiger partial charge >= 0.3 is 5.97 Å². The summed E-state index contributed by atoms with van der Waals surface area (Å²) in [5.74, 6) is -0.515. The summed E-state index contributed by atoms with van der Waals surface area (Å²) in [6.45, 7) is 0. The van der Waals surface area contributed by atoms with E-state index in [1.807, 2.05) is 24.3 Å². The van der Waals surface area contributed by atoms with Crippen LogP contribution in [0, 0.1) is 0 Å². The summed E-state index contributed by atoms with van der Waals surface area (Å²) in [6, 6.07) is 14.3. The number of carboxylic acids is 1. The van der Waals surface area contributed by atoms with Crippen LogP contribution in [0.1, 0.15) is 11.7 Å². The second-order valence-corrected chi connectivity index (χ2v) is 4.06. The molecule has 2 aromatic carbocycles. The largest absolute Gasteiger partial charge is 0.496 e. The van der Waals surface area contributed by atoms with E-state index in [1.54, 1.807) is 31.4 Å². The summed E-state index contributed by atoms with van der Waals surface area (Å²) in [7, 11) is 1.60. The normalized spacial score (nSPS) is 11.9. The summed E-state index contributed by atoms with van der Waals surface area (Å²) in [5.41, 5.74) is 2.17. The third-order valence-corrected chi connectivity index (χ3v) is 2.88. The fraction of sp³-hybridized carbons (Fsp3) is 0.133. The third-order valence-electron chi connectivity index (χ3n) is 2.88. The molecular formula is C15H14O4. The van der Waals surface area contributed by atoms with Crippen molar-refractivity contribution in [2.75, 3.05) is 7.11 Å². The Hall–Kier alpha value is -2.33. The number of carboxylic acid groups (broad SMARTS) is 1. The lowest BCUT2D eigenvalue weighted by atomic mass is 10.0. The van der Waals surface area contributed by atoms with E-state index in [-0.39, 0.29) is 0 Å². The lowest BCUT2D eigenvalue weighted by Gasteiger charge is -2.10. The van der Waals surface area contributed by atoms with Crippen molar-refractivity contribution in [3.8, 4) is 16.9 Å². The summed E-state index contributed by atoms with van der Waals surface area (Å²) >= 11 is 0. The van der Waals surface area contributed by atoms with Crippen molar-refractivity contribution in [2.45, 2.75) is 6.10 Å². The quantitative estimate of drug-likeness (QED) is 0.884. The Bertz CT molecular complexity index is 575. The van der Waals surface area contributed by atoms with Crippen LogP contribution in [0.2, 0.25) is 0 Å². The maximum atomic E-state index is 10.7.